The number of rotatable bonds is 9. The minimum atomic E-state index is -0.185. The largest absolute Gasteiger partial charge is 0.504 e. The zero-order valence-corrected chi connectivity index (χ0v) is 20.3. The SMILES string of the molecule is CC(C)CN(Cc1cc(O)c2c(c1)OCCCO2)C(=O)C(C)CNCc1cccc2cc[nH]c12. The van der Waals surface area contributed by atoms with Crippen LogP contribution < -0.4 is 14.8 Å². The number of amides is 1. The van der Waals surface area contributed by atoms with Crippen LogP contribution in [-0.2, 0) is 17.9 Å². The van der Waals surface area contributed by atoms with Gasteiger partial charge in [0.2, 0.25) is 11.7 Å². The van der Waals surface area contributed by atoms with Gasteiger partial charge in [0, 0.05) is 50.2 Å². The summed E-state index contributed by atoms with van der Waals surface area (Å²) in [5.74, 6) is 1.21. The first-order valence-corrected chi connectivity index (χ1v) is 12.1. The van der Waals surface area contributed by atoms with E-state index >= 15 is 0 Å². The van der Waals surface area contributed by atoms with Crippen molar-refractivity contribution in [1.29, 1.82) is 0 Å². The zero-order chi connectivity index (χ0) is 24.1. The lowest BCUT2D eigenvalue weighted by Crippen LogP contribution is -2.40. The molecule has 1 atom stereocenters. The van der Waals surface area contributed by atoms with Gasteiger partial charge in [-0.1, -0.05) is 39.0 Å². The Morgan fingerprint density at radius 2 is 2.00 bits per heavy atom. The molecule has 1 amide bonds. The number of aromatic hydroxyl groups is 1. The summed E-state index contributed by atoms with van der Waals surface area (Å²) in [4.78, 5) is 18.6. The van der Waals surface area contributed by atoms with E-state index < -0.39 is 0 Å². The number of carbonyl (C=O) groups is 1. The number of aromatic nitrogens is 1. The molecule has 34 heavy (non-hydrogen) atoms. The van der Waals surface area contributed by atoms with Crippen LogP contribution in [0.4, 0.5) is 0 Å². The lowest BCUT2D eigenvalue weighted by molar-refractivity contribution is -0.136. The van der Waals surface area contributed by atoms with Crippen molar-refractivity contribution >= 4 is 16.8 Å². The summed E-state index contributed by atoms with van der Waals surface area (Å²) in [6, 6.07) is 11.8. The van der Waals surface area contributed by atoms with E-state index in [9.17, 15) is 9.90 Å². The van der Waals surface area contributed by atoms with E-state index in [2.05, 4.69) is 48.4 Å². The molecule has 1 unspecified atom stereocenters. The van der Waals surface area contributed by atoms with Crippen LogP contribution in [0.1, 0.15) is 38.3 Å². The van der Waals surface area contributed by atoms with Crippen molar-refractivity contribution in [2.45, 2.75) is 40.3 Å². The van der Waals surface area contributed by atoms with E-state index in [0.717, 1.165) is 17.5 Å². The highest BCUT2D eigenvalue weighted by Crippen LogP contribution is 2.39. The van der Waals surface area contributed by atoms with Crippen molar-refractivity contribution in [2.75, 3.05) is 26.3 Å². The summed E-state index contributed by atoms with van der Waals surface area (Å²) >= 11 is 0. The molecular formula is C27H35N3O4. The quantitative estimate of drug-likeness (QED) is 0.435. The Hall–Kier alpha value is -3.19. The van der Waals surface area contributed by atoms with Gasteiger partial charge in [0.15, 0.2) is 11.5 Å². The number of nitrogens with zero attached hydrogens (tertiary/aromatic N) is 1. The number of fused-ring (bicyclic) bond motifs is 2. The fourth-order valence-corrected chi connectivity index (χ4v) is 4.41. The Morgan fingerprint density at radius 3 is 2.82 bits per heavy atom. The first kappa shape index (κ1) is 24.0. The Kier molecular flexibility index (Phi) is 7.63. The molecule has 3 aromatic rings. The van der Waals surface area contributed by atoms with Crippen LogP contribution in [-0.4, -0.2) is 47.2 Å². The van der Waals surface area contributed by atoms with Crippen LogP contribution in [0.25, 0.3) is 10.9 Å². The lowest BCUT2D eigenvalue weighted by atomic mass is 10.1. The number of ether oxygens (including phenoxy) is 2. The number of benzene rings is 2. The van der Waals surface area contributed by atoms with Crippen LogP contribution >= 0.6 is 0 Å². The fourth-order valence-electron chi connectivity index (χ4n) is 4.41. The number of H-pyrrole nitrogens is 1. The van der Waals surface area contributed by atoms with Crippen LogP contribution in [0.3, 0.4) is 0 Å². The van der Waals surface area contributed by atoms with Crippen molar-refractivity contribution in [3.63, 3.8) is 0 Å². The predicted molar refractivity (Wildman–Crippen MR) is 133 cm³/mol. The summed E-state index contributed by atoms with van der Waals surface area (Å²) in [5, 5.41) is 15.1. The monoisotopic (exact) mass is 465 g/mol. The van der Waals surface area contributed by atoms with Crippen molar-refractivity contribution in [3.8, 4) is 17.2 Å². The molecule has 0 bridgehead atoms. The number of carbonyl (C=O) groups excluding carboxylic acids is 1. The molecule has 1 aromatic heterocycles. The molecule has 2 aromatic carbocycles. The number of hydrogen-bond donors (Lipinski definition) is 3. The zero-order valence-electron chi connectivity index (χ0n) is 20.3. The molecule has 0 radical (unpaired) electrons. The second-order valence-corrected chi connectivity index (χ2v) is 9.50. The standard InChI is InChI=1S/C27H35N3O4/c1-18(2)16-30(17-20-12-23(31)26-24(13-20)33-10-5-11-34-26)27(32)19(3)14-28-15-22-7-4-6-21-8-9-29-25(21)22/h4,6-9,12-13,18-19,28-29,31H,5,10-11,14-17H2,1-3H3. The van der Waals surface area contributed by atoms with E-state index in [0.29, 0.717) is 56.8 Å². The van der Waals surface area contributed by atoms with Gasteiger partial charge >= 0.3 is 0 Å². The summed E-state index contributed by atoms with van der Waals surface area (Å²) < 4.78 is 11.4. The van der Waals surface area contributed by atoms with Crippen molar-refractivity contribution in [2.24, 2.45) is 11.8 Å². The topological polar surface area (TPSA) is 86.8 Å². The van der Waals surface area contributed by atoms with Crippen LogP contribution in [0.15, 0.2) is 42.6 Å². The van der Waals surface area contributed by atoms with Crippen LogP contribution in [0.2, 0.25) is 0 Å². The smallest absolute Gasteiger partial charge is 0.226 e. The Bertz CT molecular complexity index is 1120. The Morgan fingerprint density at radius 1 is 1.18 bits per heavy atom. The van der Waals surface area contributed by atoms with Gasteiger partial charge in [-0.05, 0) is 40.6 Å². The number of phenolic OH excluding ortho intramolecular Hbond substituents is 1. The molecule has 1 aliphatic heterocycles. The second kappa shape index (κ2) is 10.8. The second-order valence-electron chi connectivity index (χ2n) is 9.50. The molecule has 0 saturated heterocycles. The first-order chi connectivity index (χ1) is 16.4. The maximum absolute atomic E-state index is 13.4. The van der Waals surface area contributed by atoms with E-state index in [4.69, 9.17) is 9.47 Å². The number of para-hydroxylation sites is 1. The van der Waals surface area contributed by atoms with Gasteiger partial charge in [0.25, 0.3) is 0 Å². The highest BCUT2D eigenvalue weighted by molar-refractivity contribution is 5.82. The highest BCUT2D eigenvalue weighted by atomic mass is 16.5. The van der Waals surface area contributed by atoms with E-state index in [1.807, 2.05) is 24.1 Å². The van der Waals surface area contributed by atoms with E-state index in [-0.39, 0.29) is 17.6 Å². The average Bonchev–Trinajstić information content (AvgIpc) is 3.16. The fraction of sp³-hybridized carbons (Fsp3) is 0.444. The maximum Gasteiger partial charge on any atom is 0.226 e. The molecule has 4 rings (SSSR count). The normalized spacial score (nSPS) is 14.2. The van der Waals surface area contributed by atoms with Gasteiger partial charge in [0.1, 0.15) is 0 Å². The Balaban J connectivity index is 1.41. The number of aromatic amines is 1. The molecule has 3 N–H and O–H groups in total. The molecule has 0 fully saturated rings. The van der Waals surface area contributed by atoms with Crippen molar-refractivity contribution in [1.82, 2.24) is 15.2 Å². The van der Waals surface area contributed by atoms with E-state index in [1.54, 1.807) is 6.07 Å². The summed E-state index contributed by atoms with van der Waals surface area (Å²) in [5.41, 5.74) is 3.14. The minimum absolute atomic E-state index is 0.0551. The molecule has 0 aliphatic carbocycles. The van der Waals surface area contributed by atoms with Gasteiger partial charge in [-0.3, -0.25) is 4.79 Å². The third-order valence-electron chi connectivity index (χ3n) is 6.02. The molecule has 0 spiro atoms. The van der Waals surface area contributed by atoms with E-state index in [1.165, 1.54) is 10.9 Å². The average molecular weight is 466 g/mol. The molecule has 7 nitrogen and oxygen atoms in total. The summed E-state index contributed by atoms with van der Waals surface area (Å²) in [6.07, 6.45) is 2.71. The summed E-state index contributed by atoms with van der Waals surface area (Å²) in [7, 11) is 0. The van der Waals surface area contributed by atoms with Gasteiger partial charge in [-0.25, -0.2) is 0 Å². The third kappa shape index (κ3) is 5.65. The number of nitrogens with one attached hydrogen (secondary N) is 2. The molecule has 182 valence electrons. The van der Waals surface area contributed by atoms with Crippen molar-refractivity contribution < 1.29 is 19.4 Å². The van der Waals surface area contributed by atoms with Gasteiger partial charge in [-0.2, -0.15) is 0 Å². The summed E-state index contributed by atoms with van der Waals surface area (Å²) in [6.45, 7) is 9.55. The molecular weight excluding hydrogens is 430 g/mol. The van der Waals surface area contributed by atoms with Crippen molar-refractivity contribution in [3.05, 3.63) is 53.7 Å². The number of phenols is 1. The molecule has 2 heterocycles. The lowest BCUT2D eigenvalue weighted by Gasteiger charge is -2.28. The number of hydrogen-bond acceptors (Lipinski definition) is 5. The molecule has 0 saturated carbocycles. The van der Waals surface area contributed by atoms with Crippen LogP contribution in [0.5, 0.6) is 17.2 Å². The Labute approximate surface area is 201 Å². The third-order valence-corrected chi connectivity index (χ3v) is 6.02. The molecule has 1 aliphatic rings. The first-order valence-electron chi connectivity index (χ1n) is 12.1. The highest BCUT2D eigenvalue weighted by Gasteiger charge is 2.23. The van der Waals surface area contributed by atoms with Crippen LogP contribution in [0, 0.1) is 11.8 Å². The minimum Gasteiger partial charge on any atom is -0.504 e. The van der Waals surface area contributed by atoms with Gasteiger partial charge in [-0.15, -0.1) is 0 Å². The van der Waals surface area contributed by atoms with Gasteiger partial charge in [0.05, 0.1) is 13.2 Å². The van der Waals surface area contributed by atoms with Gasteiger partial charge < -0.3 is 29.8 Å². The molecule has 7 heteroatoms. The predicted octanol–water partition coefficient (Wildman–Crippen LogP) is 4.45. The maximum atomic E-state index is 13.4.